The molecule has 2 rings (SSSR count). The zero-order valence-corrected chi connectivity index (χ0v) is 13.9. The van der Waals surface area contributed by atoms with Crippen molar-refractivity contribution in [3.8, 4) is 5.75 Å². The standard InChI is InChI=1S/C18H18N2O5/c1-12-3-5-14(6-4-12)10-19-18(22)13(2)25-17-8-7-16(20(23)24)9-15(17)11-21/h3-9,11,13H,10H2,1-2H3,(H,19,22)/t13-/m0/s1. The molecule has 0 radical (unpaired) electrons. The van der Waals surface area contributed by atoms with Crippen molar-refractivity contribution in [1.82, 2.24) is 5.32 Å². The Morgan fingerprint density at radius 2 is 1.96 bits per heavy atom. The molecule has 0 aliphatic rings. The van der Waals surface area contributed by atoms with E-state index in [1.54, 1.807) is 6.92 Å². The van der Waals surface area contributed by atoms with Crippen molar-refractivity contribution in [3.63, 3.8) is 0 Å². The van der Waals surface area contributed by atoms with Gasteiger partial charge in [0.1, 0.15) is 5.75 Å². The number of aryl methyl sites for hydroxylation is 1. The Morgan fingerprint density at radius 3 is 2.56 bits per heavy atom. The molecule has 0 aliphatic heterocycles. The second-order valence-corrected chi connectivity index (χ2v) is 5.56. The molecule has 0 fully saturated rings. The minimum absolute atomic E-state index is 0.0207. The lowest BCUT2D eigenvalue weighted by Crippen LogP contribution is -2.36. The number of ether oxygens (including phenoxy) is 1. The van der Waals surface area contributed by atoms with E-state index in [0.29, 0.717) is 12.8 Å². The van der Waals surface area contributed by atoms with Gasteiger partial charge in [-0.3, -0.25) is 19.7 Å². The van der Waals surface area contributed by atoms with Gasteiger partial charge >= 0.3 is 0 Å². The predicted octanol–water partition coefficient (Wildman–Crippen LogP) is 2.80. The average molecular weight is 342 g/mol. The van der Waals surface area contributed by atoms with Crippen LogP contribution < -0.4 is 10.1 Å². The van der Waals surface area contributed by atoms with Crippen LogP contribution in [0.25, 0.3) is 0 Å². The first-order valence-corrected chi connectivity index (χ1v) is 7.64. The highest BCUT2D eigenvalue weighted by molar-refractivity contribution is 5.83. The SMILES string of the molecule is Cc1ccc(CNC(=O)[C@H](C)Oc2ccc([N+](=O)[O-])cc2C=O)cc1. The predicted molar refractivity (Wildman–Crippen MR) is 91.6 cm³/mol. The van der Waals surface area contributed by atoms with Crippen LogP contribution in [0, 0.1) is 17.0 Å². The fourth-order valence-corrected chi connectivity index (χ4v) is 2.13. The van der Waals surface area contributed by atoms with Crippen LogP contribution in [0.3, 0.4) is 0 Å². The number of amides is 1. The van der Waals surface area contributed by atoms with Crippen molar-refractivity contribution in [2.24, 2.45) is 0 Å². The monoisotopic (exact) mass is 342 g/mol. The van der Waals surface area contributed by atoms with Gasteiger partial charge in [-0.2, -0.15) is 0 Å². The van der Waals surface area contributed by atoms with Gasteiger partial charge in [0.15, 0.2) is 12.4 Å². The van der Waals surface area contributed by atoms with E-state index in [4.69, 9.17) is 4.74 Å². The number of nitro benzene ring substituents is 1. The number of nitrogens with zero attached hydrogens (tertiary/aromatic N) is 1. The summed E-state index contributed by atoms with van der Waals surface area (Å²) in [7, 11) is 0. The van der Waals surface area contributed by atoms with E-state index in [1.807, 2.05) is 31.2 Å². The molecule has 1 atom stereocenters. The van der Waals surface area contributed by atoms with Gasteiger partial charge in [0.05, 0.1) is 10.5 Å². The van der Waals surface area contributed by atoms with E-state index >= 15 is 0 Å². The van der Waals surface area contributed by atoms with E-state index in [-0.39, 0.29) is 22.9 Å². The van der Waals surface area contributed by atoms with Crippen LogP contribution in [-0.4, -0.2) is 23.2 Å². The number of rotatable bonds is 7. The largest absolute Gasteiger partial charge is 0.480 e. The minimum atomic E-state index is -0.856. The molecule has 7 nitrogen and oxygen atoms in total. The third-order valence-corrected chi connectivity index (χ3v) is 3.59. The van der Waals surface area contributed by atoms with Crippen molar-refractivity contribution in [2.75, 3.05) is 0 Å². The summed E-state index contributed by atoms with van der Waals surface area (Å²) in [5, 5.41) is 13.5. The van der Waals surface area contributed by atoms with Gasteiger partial charge in [0, 0.05) is 18.7 Å². The zero-order valence-electron chi connectivity index (χ0n) is 13.9. The van der Waals surface area contributed by atoms with Gasteiger partial charge < -0.3 is 10.1 Å². The highest BCUT2D eigenvalue weighted by Gasteiger charge is 2.18. The van der Waals surface area contributed by atoms with E-state index in [0.717, 1.165) is 17.2 Å². The van der Waals surface area contributed by atoms with Gasteiger partial charge in [-0.15, -0.1) is 0 Å². The molecule has 1 N–H and O–H groups in total. The molecule has 0 heterocycles. The smallest absolute Gasteiger partial charge is 0.270 e. The summed E-state index contributed by atoms with van der Waals surface area (Å²) in [5.74, 6) is -0.227. The fraction of sp³-hybridized carbons (Fsp3) is 0.222. The number of nitrogens with one attached hydrogen (secondary N) is 1. The van der Waals surface area contributed by atoms with Gasteiger partial charge in [-0.25, -0.2) is 0 Å². The van der Waals surface area contributed by atoms with Crippen LogP contribution in [0.4, 0.5) is 5.69 Å². The Kier molecular flexibility index (Phi) is 5.84. The molecular formula is C18H18N2O5. The highest BCUT2D eigenvalue weighted by Crippen LogP contribution is 2.23. The van der Waals surface area contributed by atoms with Gasteiger partial charge in [-0.05, 0) is 25.5 Å². The van der Waals surface area contributed by atoms with Crippen molar-refractivity contribution in [1.29, 1.82) is 0 Å². The highest BCUT2D eigenvalue weighted by atomic mass is 16.6. The molecule has 7 heteroatoms. The van der Waals surface area contributed by atoms with Crippen LogP contribution >= 0.6 is 0 Å². The summed E-state index contributed by atoms with van der Waals surface area (Å²) < 4.78 is 5.47. The third kappa shape index (κ3) is 4.87. The van der Waals surface area contributed by atoms with Gasteiger partial charge in [-0.1, -0.05) is 29.8 Å². The lowest BCUT2D eigenvalue weighted by molar-refractivity contribution is -0.384. The second kappa shape index (κ2) is 8.05. The van der Waals surface area contributed by atoms with E-state index < -0.39 is 11.0 Å². The molecule has 1 amide bonds. The Labute approximate surface area is 144 Å². The number of aldehydes is 1. The molecular weight excluding hydrogens is 324 g/mol. The maximum atomic E-state index is 12.1. The van der Waals surface area contributed by atoms with Crippen LogP contribution in [0.2, 0.25) is 0 Å². The van der Waals surface area contributed by atoms with E-state index in [2.05, 4.69) is 5.32 Å². The summed E-state index contributed by atoms with van der Waals surface area (Å²) in [4.78, 5) is 33.4. The number of carbonyl (C=O) groups is 2. The van der Waals surface area contributed by atoms with Gasteiger partial charge in [0.2, 0.25) is 0 Å². The van der Waals surface area contributed by atoms with Gasteiger partial charge in [0.25, 0.3) is 11.6 Å². The van der Waals surface area contributed by atoms with Crippen LogP contribution in [-0.2, 0) is 11.3 Å². The summed E-state index contributed by atoms with van der Waals surface area (Å²) in [6, 6.07) is 11.4. The number of carbonyl (C=O) groups excluding carboxylic acids is 2. The molecule has 0 bridgehead atoms. The molecule has 0 unspecified atom stereocenters. The molecule has 0 saturated carbocycles. The summed E-state index contributed by atoms with van der Waals surface area (Å²) in [6.45, 7) is 3.88. The van der Waals surface area contributed by atoms with Crippen molar-refractivity contribution in [3.05, 3.63) is 69.3 Å². The summed E-state index contributed by atoms with van der Waals surface area (Å²) in [6.07, 6.45) is -0.398. The fourth-order valence-electron chi connectivity index (χ4n) is 2.13. The normalized spacial score (nSPS) is 11.4. The lowest BCUT2D eigenvalue weighted by atomic mass is 10.1. The molecule has 130 valence electrons. The molecule has 0 saturated heterocycles. The Balaban J connectivity index is 1.99. The maximum absolute atomic E-state index is 12.1. The molecule has 2 aromatic carbocycles. The zero-order chi connectivity index (χ0) is 18.4. The van der Waals surface area contributed by atoms with Crippen LogP contribution in [0.15, 0.2) is 42.5 Å². The maximum Gasteiger partial charge on any atom is 0.270 e. The number of benzene rings is 2. The molecule has 0 spiro atoms. The summed E-state index contributed by atoms with van der Waals surface area (Å²) >= 11 is 0. The van der Waals surface area contributed by atoms with E-state index in [9.17, 15) is 19.7 Å². The first kappa shape index (κ1) is 18.1. The van der Waals surface area contributed by atoms with Crippen molar-refractivity contribution in [2.45, 2.75) is 26.5 Å². The topological polar surface area (TPSA) is 98.5 Å². The number of nitro groups is 1. The third-order valence-electron chi connectivity index (χ3n) is 3.59. The molecule has 2 aromatic rings. The van der Waals surface area contributed by atoms with Crippen LogP contribution in [0.5, 0.6) is 5.75 Å². The van der Waals surface area contributed by atoms with Crippen LogP contribution in [0.1, 0.15) is 28.4 Å². The second-order valence-electron chi connectivity index (χ2n) is 5.56. The Hall–Kier alpha value is -3.22. The number of hydrogen-bond acceptors (Lipinski definition) is 5. The van der Waals surface area contributed by atoms with Crippen molar-refractivity contribution >= 4 is 17.9 Å². The van der Waals surface area contributed by atoms with E-state index in [1.165, 1.54) is 12.1 Å². The number of hydrogen-bond donors (Lipinski definition) is 1. The summed E-state index contributed by atoms with van der Waals surface area (Å²) in [5.41, 5.74) is 1.89. The lowest BCUT2D eigenvalue weighted by Gasteiger charge is -2.16. The number of non-ortho nitro benzene ring substituents is 1. The molecule has 0 aliphatic carbocycles. The first-order chi connectivity index (χ1) is 11.9. The Bertz CT molecular complexity index is 787. The average Bonchev–Trinajstić information content (AvgIpc) is 2.61. The molecule has 0 aromatic heterocycles. The Morgan fingerprint density at radius 1 is 1.28 bits per heavy atom. The first-order valence-electron chi connectivity index (χ1n) is 7.64. The quantitative estimate of drug-likeness (QED) is 0.474. The minimum Gasteiger partial charge on any atom is -0.480 e. The van der Waals surface area contributed by atoms with Crippen molar-refractivity contribution < 1.29 is 19.2 Å². The molecule has 25 heavy (non-hydrogen) atoms.